The second-order valence-corrected chi connectivity index (χ2v) is 5.62. The number of carbonyl (C=O) groups excluding carboxylic acids is 1. The summed E-state index contributed by atoms with van der Waals surface area (Å²) in [4.78, 5) is 13.9. The topological polar surface area (TPSA) is 59.0 Å². The largest absolute Gasteiger partial charge is 0.493 e. The number of methoxy groups -OCH3 is 1. The zero-order valence-corrected chi connectivity index (χ0v) is 12.8. The van der Waals surface area contributed by atoms with Crippen LogP contribution in [0.3, 0.4) is 0 Å². The van der Waals surface area contributed by atoms with E-state index < -0.39 is 0 Å². The van der Waals surface area contributed by atoms with Crippen molar-refractivity contribution in [2.75, 3.05) is 26.8 Å². The highest BCUT2D eigenvalue weighted by atomic mass is 16.5. The van der Waals surface area contributed by atoms with Gasteiger partial charge in [0.25, 0.3) is 5.91 Å². The Morgan fingerprint density at radius 3 is 2.86 bits per heavy atom. The van der Waals surface area contributed by atoms with Crippen molar-refractivity contribution in [3.8, 4) is 11.5 Å². The van der Waals surface area contributed by atoms with Gasteiger partial charge < -0.3 is 19.5 Å². The van der Waals surface area contributed by atoms with Gasteiger partial charge in [0.2, 0.25) is 0 Å². The predicted molar refractivity (Wildman–Crippen MR) is 79.6 cm³/mol. The number of aliphatic hydroxyl groups is 1. The monoisotopic (exact) mass is 293 g/mol. The highest BCUT2D eigenvalue weighted by Crippen LogP contribution is 2.27. The van der Waals surface area contributed by atoms with Gasteiger partial charge in [0, 0.05) is 13.1 Å². The second kappa shape index (κ2) is 6.80. The van der Waals surface area contributed by atoms with E-state index in [4.69, 9.17) is 9.47 Å². The number of amides is 1. The summed E-state index contributed by atoms with van der Waals surface area (Å²) in [6.45, 7) is 5.07. The summed E-state index contributed by atoms with van der Waals surface area (Å²) >= 11 is 0. The number of aryl methyl sites for hydroxylation is 1. The molecule has 0 radical (unpaired) electrons. The molecule has 0 saturated carbocycles. The summed E-state index contributed by atoms with van der Waals surface area (Å²) in [5, 5.41) is 9.69. The van der Waals surface area contributed by atoms with Crippen LogP contribution in [-0.2, 0) is 4.79 Å². The molecule has 1 N–H and O–H groups in total. The lowest BCUT2D eigenvalue weighted by molar-refractivity contribution is -0.136. The molecule has 1 aromatic rings. The van der Waals surface area contributed by atoms with Gasteiger partial charge in [-0.2, -0.15) is 0 Å². The quantitative estimate of drug-likeness (QED) is 0.916. The van der Waals surface area contributed by atoms with Crippen LogP contribution in [0.25, 0.3) is 0 Å². The Bertz CT molecular complexity index is 503. The first kappa shape index (κ1) is 15.6. The summed E-state index contributed by atoms with van der Waals surface area (Å²) in [7, 11) is 1.58. The van der Waals surface area contributed by atoms with Crippen molar-refractivity contribution in [3.05, 3.63) is 23.8 Å². The molecule has 2 rings (SSSR count). The van der Waals surface area contributed by atoms with E-state index in [-0.39, 0.29) is 24.5 Å². The van der Waals surface area contributed by atoms with E-state index >= 15 is 0 Å². The molecular weight excluding hydrogens is 270 g/mol. The van der Waals surface area contributed by atoms with Gasteiger partial charge in [-0.15, -0.1) is 0 Å². The molecule has 21 heavy (non-hydrogen) atoms. The van der Waals surface area contributed by atoms with Gasteiger partial charge in [0.15, 0.2) is 18.1 Å². The standard InChI is InChI=1S/C16H23NO4/c1-11-4-5-14(15(8-11)20-3)21-10-16(19)17-7-6-13(18)12(2)9-17/h4-5,8,12-13,18H,6-7,9-10H2,1-3H3. The van der Waals surface area contributed by atoms with Crippen LogP contribution in [0.5, 0.6) is 11.5 Å². The number of benzene rings is 1. The normalized spacial score (nSPS) is 22.0. The molecule has 1 fully saturated rings. The molecule has 1 aliphatic heterocycles. The van der Waals surface area contributed by atoms with Crippen molar-refractivity contribution >= 4 is 5.91 Å². The molecule has 0 bridgehead atoms. The number of piperidine rings is 1. The third-order valence-corrected chi connectivity index (χ3v) is 3.88. The van der Waals surface area contributed by atoms with Gasteiger partial charge >= 0.3 is 0 Å². The fraction of sp³-hybridized carbons (Fsp3) is 0.562. The van der Waals surface area contributed by atoms with Crippen LogP contribution in [0.1, 0.15) is 18.9 Å². The lowest BCUT2D eigenvalue weighted by Gasteiger charge is -2.34. The maximum Gasteiger partial charge on any atom is 0.260 e. The zero-order valence-electron chi connectivity index (χ0n) is 12.8. The molecule has 1 amide bonds. The number of rotatable bonds is 4. The summed E-state index contributed by atoms with van der Waals surface area (Å²) in [5.41, 5.74) is 1.07. The first-order valence-corrected chi connectivity index (χ1v) is 7.24. The molecule has 0 aromatic heterocycles. The smallest absolute Gasteiger partial charge is 0.260 e. The SMILES string of the molecule is COc1cc(C)ccc1OCC(=O)N1CCC(O)C(C)C1. The second-order valence-electron chi connectivity index (χ2n) is 5.62. The van der Waals surface area contributed by atoms with E-state index in [1.165, 1.54) is 0 Å². The molecule has 1 aliphatic rings. The molecule has 0 spiro atoms. The average Bonchev–Trinajstić information content (AvgIpc) is 2.48. The van der Waals surface area contributed by atoms with Crippen LogP contribution in [-0.4, -0.2) is 48.8 Å². The minimum absolute atomic E-state index is 0.0117. The summed E-state index contributed by atoms with van der Waals surface area (Å²) in [6, 6.07) is 5.60. The minimum Gasteiger partial charge on any atom is -0.493 e. The Hall–Kier alpha value is -1.75. The van der Waals surface area contributed by atoms with Crippen LogP contribution in [0, 0.1) is 12.8 Å². The summed E-state index contributed by atoms with van der Waals surface area (Å²) in [6.07, 6.45) is 0.313. The van der Waals surface area contributed by atoms with Crippen molar-refractivity contribution in [3.63, 3.8) is 0 Å². The van der Waals surface area contributed by atoms with E-state index in [1.54, 1.807) is 12.0 Å². The lowest BCUT2D eigenvalue weighted by Crippen LogP contribution is -2.46. The van der Waals surface area contributed by atoms with Gasteiger partial charge in [-0.05, 0) is 37.0 Å². The third kappa shape index (κ3) is 3.88. The molecule has 1 heterocycles. The molecular formula is C16H23NO4. The maximum absolute atomic E-state index is 12.2. The highest BCUT2D eigenvalue weighted by Gasteiger charge is 2.27. The van der Waals surface area contributed by atoms with Gasteiger partial charge in [0.05, 0.1) is 13.2 Å². The average molecular weight is 293 g/mol. The number of hydrogen-bond donors (Lipinski definition) is 1. The first-order valence-electron chi connectivity index (χ1n) is 7.24. The van der Waals surface area contributed by atoms with Crippen molar-refractivity contribution in [1.82, 2.24) is 4.90 Å². The Morgan fingerprint density at radius 1 is 1.43 bits per heavy atom. The van der Waals surface area contributed by atoms with Gasteiger partial charge in [0.1, 0.15) is 0 Å². The van der Waals surface area contributed by atoms with E-state index in [0.717, 1.165) is 5.56 Å². The number of nitrogens with zero attached hydrogens (tertiary/aromatic N) is 1. The van der Waals surface area contributed by atoms with Crippen molar-refractivity contribution in [2.24, 2.45) is 5.92 Å². The summed E-state index contributed by atoms with van der Waals surface area (Å²) < 4.78 is 10.8. The van der Waals surface area contributed by atoms with Crippen LogP contribution < -0.4 is 9.47 Å². The predicted octanol–water partition coefficient (Wildman–Crippen LogP) is 1.61. The highest BCUT2D eigenvalue weighted by molar-refractivity contribution is 5.78. The number of likely N-dealkylation sites (tertiary alicyclic amines) is 1. The van der Waals surface area contributed by atoms with E-state index in [2.05, 4.69) is 0 Å². The zero-order chi connectivity index (χ0) is 15.4. The molecule has 5 heteroatoms. The number of aliphatic hydroxyl groups excluding tert-OH is 1. The number of carbonyl (C=O) groups is 1. The molecule has 5 nitrogen and oxygen atoms in total. The Balaban J connectivity index is 1.92. The number of ether oxygens (including phenoxy) is 2. The van der Waals surface area contributed by atoms with Gasteiger partial charge in [-0.3, -0.25) is 4.79 Å². The maximum atomic E-state index is 12.2. The van der Waals surface area contributed by atoms with Crippen LogP contribution in [0.15, 0.2) is 18.2 Å². The molecule has 2 atom stereocenters. The molecule has 1 aromatic carbocycles. The Kier molecular flexibility index (Phi) is 5.07. The fourth-order valence-electron chi connectivity index (χ4n) is 2.48. The van der Waals surface area contributed by atoms with Crippen molar-refractivity contribution in [2.45, 2.75) is 26.4 Å². The Morgan fingerprint density at radius 2 is 2.19 bits per heavy atom. The summed E-state index contributed by atoms with van der Waals surface area (Å²) in [5.74, 6) is 1.25. The van der Waals surface area contributed by atoms with E-state index in [9.17, 15) is 9.90 Å². The van der Waals surface area contributed by atoms with Crippen LogP contribution >= 0.6 is 0 Å². The van der Waals surface area contributed by atoms with Crippen molar-refractivity contribution in [1.29, 1.82) is 0 Å². The lowest BCUT2D eigenvalue weighted by atomic mass is 9.97. The Labute approximate surface area is 125 Å². The van der Waals surface area contributed by atoms with Gasteiger partial charge in [-0.25, -0.2) is 0 Å². The molecule has 1 saturated heterocycles. The fourth-order valence-corrected chi connectivity index (χ4v) is 2.48. The molecule has 0 aliphatic carbocycles. The minimum atomic E-state index is -0.313. The first-order chi connectivity index (χ1) is 10.0. The van der Waals surface area contributed by atoms with Crippen LogP contribution in [0.4, 0.5) is 0 Å². The molecule has 2 unspecified atom stereocenters. The molecule has 116 valence electrons. The van der Waals surface area contributed by atoms with E-state index in [0.29, 0.717) is 31.0 Å². The van der Waals surface area contributed by atoms with Crippen molar-refractivity contribution < 1.29 is 19.4 Å². The van der Waals surface area contributed by atoms with Gasteiger partial charge in [-0.1, -0.05) is 13.0 Å². The number of hydrogen-bond acceptors (Lipinski definition) is 4. The third-order valence-electron chi connectivity index (χ3n) is 3.88. The van der Waals surface area contributed by atoms with E-state index in [1.807, 2.05) is 32.0 Å². The van der Waals surface area contributed by atoms with Crippen LogP contribution in [0.2, 0.25) is 0 Å².